The van der Waals surface area contributed by atoms with Crippen LogP contribution in [0.1, 0.15) is 11.1 Å². The van der Waals surface area contributed by atoms with Gasteiger partial charge in [-0.1, -0.05) is 30.3 Å². The average molecular weight is 358 g/mol. The summed E-state index contributed by atoms with van der Waals surface area (Å²) in [6.45, 7) is 0. The van der Waals surface area contributed by atoms with E-state index in [0.29, 0.717) is 17.1 Å². The van der Waals surface area contributed by atoms with Crippen LogP contribution in [0.3, 0.4) is 0 Å². The van der Waals surface area contributed by atoms with E-state index in [4.69, 9.17) is 9.47 Å². The maximum Gasteiger partial charge on any atom is 0.307 e. The van der Waals surface area contributed by atoms with Crippen LogP contribution in [0, 0.1) is 11.8 Å². The third-order valence-electron chi connectivity index (χ3n) is 4.29. The maximum absolute atomic E-state index is 11.8. The van der Waals surface area contributed by atoms with Crippen molar-refractivity contribution in [1.82, 2.24) is 0 Å². The number of aliphatic carboxylic acids is 2. The van der Waals surface area contributed by atoms with Crippen molar-refractivity contribution in [2.75, 3.05) is 14.2 Å². The molecule has 6 heteroatoms. The second kappa shape index (κ2) is 8.89. The summed E-state index contributed by atoms with van der Waals surface area (Å²) in [7, 11) is 3.01. The van der Waals surface area contributed by atoms with Crippen molar-refractivity contribution in [3.8, 4) is 11.5 Å². The fraction of sp³-hybridized carbons (Fsp3) is 0.300. The second-order valence-corrected chi connectivity index (χ2v) is 6.00. The Morgan fingerprint density at radius 2 is 1.27 bits per heavy atom. The molecule has 0 saturated carbocycles. The molecule has 0 aliphatic heterocycles. The molecule has 0 unspecified atom stereocenters. The van der Waals surface area contributed by atoms with Gasteiger partial charge in [-0.3, -0.25) is 9.59 Å². The van der Waals surface area contributed by atoms with Crippen LogP contribution in [0.4, 0.5) is 0 Å². The molecular formula is C20H22O6. The minimum atomic E-state index is -1.14. The van der Waals surface area contributed by atoms with Gasteiger partial charge in [0.05, 0.1) is 26.1 Å². The van der Waals surface area contributed by atoms with Crippen LogP contribution in [-0.2, 0) is 22.4 Å². The summed E-state index contributed by atoms with van der Waals surface area (Å²) in [5.41, 5.74) is 1.43. The maximum atomic E-state index is 11.8. The van der Waals surface area contributed by atoms with Gasteiger partial charge in [-0.15, -0.1) is 0 Å². The molecule has 2 aromatic carbocycles. The molecule has 0 fully saturated rings. The van der Waals surface area contributed by atoms with Crippen molar-refractivity contribution in [2.45, 2.75) is 12.8 Å². The Kier molecular flexibility index (Phi) is 6.60. The Bertz CT molecular complexity index is 734. The first kappa shape index (κ1) is 19.3. The number of carboxylic acids is 2. The van der Waals surface area contributed by atoms with Crippen molar-refractivity contribution in [3.63, 3.8) is 0 Å². The Morgan fingerprint density at radius 3 is 1.69 bits per heavy atom. The predicted molar refractivity (Wildman–Crippen MR) is 95.6 cm³/mol. The van der Waals surface area contributed by atoms with E-state index in [1.165, 1.54) is 14.2 Å². The van der Waals surface area contributed by atoms with Crippen LogP contribution in [0.2, 0.25) is 0 Å². The molecule has 2 atom stereocenters. The normalized spacial score (nSPS) is 12.8. The zero-order valence-electron chi connectivity index (χ0n) is 14.7. The Morgan fingerprint density at radius 1 is 0.808 bits per heavy atom. The number of carboxylic acid groups (broad SMARTS) is 2. The molecule has 0 saturated heterocycles. The van der Waals surface area contributed by atoms with Gasteiger partial charge in [-0.25, -0.2) is 0 Å². The second-order valence-electron chi connectivity index (χ2n) is 6.00. The van der Waals surface area contributed by atoms with E-state index in [1.54, 1.807) is 42.5 Å². The van der Waals surface area contributed by atoms with Crippen molar-refractivity contribution in [2.24, 2.45) is 11.8 Å². The molecule has 138 valence electrons. The summed E-state index contributed by atoms with van der Waals surface area (Å²) in [6, 6.07) is 14.1. The van der Waals surface area contributed by atoms with E-state index in [1.807, 2.05) is 6.07 Å². The lowest BCUT2D eigenvalue weighted by Gasteiger charge is -2.21. The summed E-state index contributed by atoms with van der Waals surface area (Å²) in [4.78, 5) is 23.6. The zero-order valence-corrected chi connectivity index (χ0v) is 14.7. The minimum Gasteiger partial charge on any atom is -0.497 e. The van der Waals surface area contributed by atoms with E-state index in [2.05, 4.69) is 0 Å². The molecule has 0 amide bonds. The monoisotopic (exact) mass is 358 g/mol. The molecule has 26 heavy (non-hydrogen) atoms. The average Bonchev–Trinajstić information content (AvgIpc) is 2.64. The molecule has 2 N–H and O–H groups in total. The minimum absolute atomic E-state index is 0.0622. The molecule has 0 aliphatic rings. The SMILES string of the molecule is COc1cc(C[C@H](C(=O)O)[C@H](Cc2ccccc2)C(=O)O)cc(OC)c1. The van der Waals surface area contributed by atoms with Crippen molar-refractivity contribution < 1.29 is 29.3 Å². The summed E-state index contributed by atoms with van der Waals surface area (Å²) in [6.07, 6.45) is 0.209. The lowest BCUT2D eigenvalue weighted by atomic mass is 9.82. The van der Waals surface area contributed by atoms with Crippen LogP contribution >= 0.6 is 0 Å². The smallest absolute Gasteiger partial charge is 0.307 e. The summed E-state index contributed by atoms with van der Waals surface area (Å²) in [5, 5.41) is 19.3. The van der Waals surface area contributed by atoms with Gasteiger partial charge in [-0.05, 0) is 36.1 Å². The van der Waals surface area contributed by atoms with E-state index in [-0.39, 0.29) is 12.8 Å². The number of benzene rings is 2. The Hall–Kier alpha value is -3.02. The summed E-state index contributed by atoms with van der Waals surface area (Å²) < 4.78 is 10.4. The predicted octanol–water partition coefficient (Wildman–Crippen LogP) is 2.89. The molecule has 6 nitrogen and oxygen atoms in total. The number of ether oxygens (including phenoxy) is 2. The molecule has 2 aromatic rings. The molecule has 2 rings (SSSR count). The van der Waals surface area contributed by atoms with Crippen LogP contribution in [0.25, 0.3) is 0 Å². The number of rotatable bonds is 9. The molecule has 0 aliphatic carbocycles. The zero-order chi connectivity index (χ0) is 19.1. The largest absolute Gasteiger partial charge is 0.497 e. The van der Waals surface area contributed by atoms with Crippen molar-refractivity contribution >= 4 is 11.9 Å². The standard InChI is InChI=1S/C20H22O6/c1-25-15-8-14(9-16(12-15)26-2)11-18(20(23)24)17(19(21)22)10-13-6-4-3-5-7-13/h3-9,12,17-18H,10-11H2,1-2H3,(H,21,22)(H,23,24)/t17-,18-/m0/s1. The van der Waals surface area contributed by atoms with Gasteiger partial charge in [0.2, 0.25) is 0 Å². The van der Waals surface area contributed by atoms with Crippen LogP contribution < -0.4 is 9.47 Å². The van der Waals surface area contributed by atoms with Gasteiger partial charge >= 0.3 is 11.9 Å². The van der Waals surface area contributed by atoms with E-state index < -0.39 is 23.8 Å². The number of hydrogen-bond acceptors (Lipinski definition) is 4. The molecule has 0 radical (unpaired) electrons. The Balaban J connectivity index is 2.31. The van der Waals surface area contributed by atoms with Gasteiger partial charge in [0.15, 0.2) is 0 Å². The summed E-state index contributed by atoms with van der Waals surface area (Å²) in [5.74, 6) is -3.35. The first-order valence-electron chi connectivity index (χ1n) is 8.16. The van der Waals surface area contributed by atoms with Crippen LogP contribution in [-0.4, -0.2) is 36.4 Å². The first-order chi connectivity index (χ1) is 12.4. The molecule has 0 bridgehead atoms. The van der Waals surface area contributed by atoms with Crippen LogP contribution in [0.15, 0.2) is 48.5 Å². The summed E-state index contributed by atoms with van der Waals surface area (Å²) >= 11 is 0. The highest BCUT2D eigenvalue weighted by atomic mass is 16.5. The van der Waals surface area contributed by atoms with Gasteiger partial charge < -0.3 is 19.7 Å². The fourth-order valence-electron chi connectivity index (χ4n) is 2.91. The number of methoxy groups -OCH3 is 2. The lowest BCUT2D eigenvalue weighted by molar-refractivity contribution is -0.153. The number of hydrogen-bond donors (Lipinski definition) is 2. The Labute approximate surface area is 152 Å². The third kappa shape index (κ3) is 4.99. The van der Waals surface area contributed by atoms with E-state index in [9.17, 15) is 19.8 Å². The highest BCUT2D eigenvalue weighted by Gasteiger charge is 2.34. The van der Waals surface area contributed by atoms with Gasteiger partial charge in [0.1, 0.15) is 11.5 Å². The first-order valence-corrected chi connectivity index (χ1v) is 8.16. The van der Waals surface area contributed by atoms with Crippen LogP contribution in [0.5, 0.6) is 11.5 Å². The molecule has 0 aromatic heterocycles. The van der Waals surface area contributed by atoms with Gasteiger partial charge in [0.25, 0.3) is 0 Å². The van der Waals surface area contributed by atoms with E-state index in [0.717, 1.165) is 5.56 Å². The lowest BCUT2D eigenvalue weighted by Crippen LogP contribution is -2.33. The van der Waals surface area contributed by atoms with Gasteiger partial charge in [0, 0.05) is 6.07 Å². The molecular weight excluding hydrogens is 336 g/mol. The quantitative estimate of drug-likeness (QED) is 0.716. The molecule has 0 spiro atoms. The fourth-order valence-corrected chi connectivity index (χ4v) is 2.91. The van der Waals surface area contributed by atoms with Crippen molar-refractivity contribution in [3.05, 3.63) is 59.7 Å². The molecule has 0 heterocycles. The van der Waals surface area contributed by atoms with E-state index >= 15 is 0 Å². The third-order valence-corrected chi connectivity index (χ3v) is 4.29. The topological polar surface area (TPSA) is 93.1 Å². The number of carbonyl (C=O) groups is 2. The highest BCUT2D eigenvalue weighted by Crippen LogP contribution is 2.28. The van der Waals surface area contributed by atoms with Crippen molar-refractivity contribution in [1.29, 1.82) is 0 Å². The highest BCUT2D eigenvalue weighted by molar-refractivity contribution is 5.80. The van der Waals surface area contributed by atoms with Gasteiger partial charge in [-0.2, -0.15) is 0 Å².